The summed E-state index contributed by atoms with van der Waals surface area (Å²) in [6, 6.07) is 0. The lowest BCUT2D eigenvalue weighted by molar-refractivity contribution is 0.873. The minimum absolute atomic E-state index is 0.0586. The molecule has 0 bridgehead atoms. The van der Waals surface area contributed by atoms with E-state index in [4.69, 9.17) is 0 Å². The molecule has 1 aromatic rings. The van der Waals surface area contributed by atoms with E-state index in [1.54, 1.807) is 6.08 Å². The van der Waals surface area contributed by atoms with Gasteiger partial charge in [-0.2, -0.15) is 0 Å². The van der Waals surface area contributed by atoms with Gasteiger partial charge in [0.25, 0.3) is 5.56 Å². The number of aryl methyl sites for hydroxylation is 1. The molecule has 0 amide bonds. The predicted octanol–water partition coefficient (Wildman–Crippen LogP) is 1.53. The third-order valence-electron chi connectivity index (χ3n) is 1.74. The largest absolute Gasteiger partial charge is 0.301 e. The minimum Gasteiger partial charge on any atom is -0.301 e. The summed E-state index contributed by atoms with van der Waals surface area (Å²) < 4.78 is 0. The van der Waals surface area contributed by atoms with Crippen LogP contribution in [-0.2, 0) is 6.42 Å². The molecule has 1 N–H and O–H groups in total. The summed E-state index contributed by atoms with van der Waals surface area (Å²) in [5.41, 5.74) is 1.43. The first kappa shape index (κ1) is 10.1. The van der Waals surface area contributed by atoms with Gasteiger partial charge < -0.3 is 4.98 Å². The van der Waals surface area contributed by atoms with Crippen LogP contribution in [0.5, 0.6) is 0 Å². The van der Waals surface area contributed by atoms with E-state index >= 15 is 0 Å². The highest BCUT2D eigenvalue weighted by atomic mass is 32.2. The maximum Gasteiger partial charge on any atom is 0.255 e. The van der Waals surface area contributed by atoms with Crippen molar-refractivity contribution in [2.75, 3.05) is 6.26 Å². The summed E-state index contributed by atoms with van der Waals surface area (Å²) in [5, 5.41) is 0.662. The van der Waals surface area contributed by atoms with Crippen LogP contribution in [0.15, 0.2) is 22.6 Å². The Balaban J connectivity index is 3.23. The Labute approximate surface area is 81.3 Å². The van der Waals surface area contributed by atoms with Crippen molar-refractivity contribution >= 4 is 11.8 Å². The molecule has 1 heterocycles. The minimum atomic E-state index is -0.0586. The molecule has 0 aliphatic rings. The zero-order valence-corrected chi connectivity index (χ0v) is 8.57. The second-order valence-electron chi connectivity index (χ2n) is 2.63. The molecule has 0 radical (unpaired) electrons. The quantitative estimate of drug-likeness (QED) is 0.453. The van der Waals surface area contributed by atoms with E-state index in [-0.39, 0.29) is 5.56 Å². The van der Waals surface area contributed by atoms with Crippen molar-refractivity contribution in [3.63, 3.8) is 0 Å². The molecule has 0 aliphatic heterocycles. The van der Waals surface area contributed by atoms with Crippen molar-refractivity contribution in [2.24, 2.45) is 0 Å². The molecule has 0 saturated carbocycles. The Hall–Kier alpha value is -1.03. The summed E-state index contributed by atoms with van der Waals surface area (Å²) >= 11 is 1.43. The van der Waals surface area contributed by atoms with Crippen LogP contribution in [0.2, 0.25) is 0 Å². The molecule has 4 heteroatoms. The highest BCUT2D eigenvalue weighted by molar-refractivity contribution is 7.98. The van der Waals surface area contributed by atoms with Gasteiger partial charge in [0.05, 0.1) is 0 Å². The van der Waals surface area contributed by atoms with Crippen molar-refractivity contribution in [3.8, 4) is 0 Å². The standard InChI is InChI=1S/C9H12N2OS/c1-4-5-7-6(2)10-9(13-3)11-8(7)12/h4H,1,5H2,2-3H3,(H,10,11,12). The third kappa shape index (κ3) is 2.21. The van der Waals surface area contributed by atoms with Gasteiger partial charge in [0.2, 0.25) is 0 Å². The molecule has 0 aromatic carbocycles. The first-order valence-electron chi connectivity index (χ1n) is 3.93. The van der Waals surface area contributed by atoms with Gasteiger partial charge >= 0.3 is 0 Å². The fourth-order valence-electron chi connectivity index (χ4n) is 1.07. The number of thioether (sulfide) groups is 1. The molecule has 0 atom stereocenters. The summed E-state index contributed by atoms with van der Waals surface area (Å²) in [5.74, 6) is 0. The molecule has 70 valence electrons. The molecule has 0 saturated heterocycles. The van der Waals surface area contributed by atoms with Gasteiger partial charge in [-0.25, -0.2) is 4.98 Å². The van der Waals surface area contributed by atoms with Crippen molar-refractivity contribution in [1.82, 2.24) is 9.97 Å². The van der Waals surface area contributed by atoms with Gasteiger partial charge in [-0.1, -0.05) is 17.8 Å². The average Bonchev–Trinajstić information content (AvgIpc) is 2.11. The molecule has 3 nitrogen and oxygen atoms in total. The lowest BCUT2D eigenvalue weighted by Gasteiger charge is -2.02. The number of rotatable bonds is 3. The Bertz CT molecular complexity index is 370. The van der Waals surface area contributed by atoms with Crippen LogP contribution in [0.4, 0.5) is 0 Å². The number of H-pyrrole nitrogens is 1. The number of nitrogens with zero attached hydrogens (tertiary/aromatic N) is 1. The monoisotopic (exact) mass is 196 g/mol. The summed E-state index contributed by atoms with van der Waals surface area (Å²) in [6.45, 7) is 5.44. The van der Waals surface area contributed by atoms with E-state index < -0.39 is 0 Å². The lowest BCUT2D eigenvalue weighted by atomic mass is 10.2. The third-order valence-corrected chi connectivity index (χ3v) is 2.32. The molecule has 0 unspecified atom stereocenters. The number of aromatic amines is 1. The normalized spacial score (nSPS) is 10.0. The van der Waals surface area contributed by atoms with Gasteiger partial charge in [0.1, 0.15) is 0 Å². The predicted molar refractivity (Wildman–Crippen MR) is 55.3 cm³/mol. The maximum absolute atomic E-state index is 11.5. The molecule has 1 rings (SSSR count). The molecule has 0 fully saturated rings. The number of allylic oxidation sites excluding steroid dienone is 1. The summed E-state index contributed by atoms with van der Waals surface area (Å²) in [7, 11) is 0. The van der Waals surface area contributed by atoms with Gasteiger partial charge in [0.15, 0.2) is 5.16 Å². The van der Waals surface area contributed by atoms with Crippen LogP contribution in [0.1, 0.15) is 11.3 Å². The number of hydrogen-bond acceptors (Lipinski definition) is 3. The van der Waals surface area contributed by atoms with Crippen LogP contribution in [-0.4, -0.2) is 16.2 Å². The first-order valence-corrected chi connectivity index (χ1v) is 5.16. The average molecular weight is 196 g/mol. The van der Waals surface area contributed by atoms with E-state index in [1.807, 2.05) is 13.2 Å². The van der Waals surface area contributed by atoms with Crippen LogP contribution in [0, 0.1) is 6.92 Å². The second-order valence-corrected chi connectivity index (χ2v) is 3.43. The highest BCUT2D eigenvalue weighted by Crippen LogP contribution is 2.08. The lowest BCUT2D eigenvalue weighted by Crippen LogP contribution is -2.16. The van der Waals surface area contributed by atoms with Gasteiger partial charge in [-0.3, -0.25) is 4.79 Å². The molecule has 0 spiro atoms. The number of hydrogen-bond donors (Lipinski definition) is 1. The molecule has 0 aliphatic carbocycles. The molecular weight excluding hydrogens is 184 g/mol. The van der Waals surface area contributed by atoms with Crippen molar-refractivity contribution < 1.29 is 0 Å². The maximum atomic E-state index is 11.5. The van der Waals surface area contributed by atoms with Crippen LogP contribution in [0.3, 0.4) is 0 Å². The zero-order chi connectivity index (χ0) is 9.84. The van der Waals surface area contributed by atoms with E-state index in [2.05, 4.69) is 16.5 Å². The SMILES string of the molecule is C=CCc1c(C)nc(SC)[nH]c1=O. The Morgan fingerprint density at radius 1 is 1.69 bits per heavy atom. The molecule has 13 heavy (non-hydrogen) atoms. The highest BCUT2D eigenvalue weighted by Gasteiger charge is 2.05. The topological polar surface area (TPSA) is 45.8 Å². The van der Waals surface area contributed by atoms with Crippen LogP contribution in [0.25, 0.3) is 0 Å². The zero-order valence-electron chi connectivity index (χ0n) is 7.76. The fraction of sp³-hybridized carbons (Fsp3) is 0.333. The van der Waals surface area contributed by atoms with Crippen LogP contribution >= 0.6 is 11.8 Å². The van der Waals surface area contributed by atoms with Crippen molar-refractivity contribution in [3.05, 3.63) is 34.3 Å². The van der Waals surface area contributed by atoms with E-state index in [9.17, 15) is 4.79 Å². The van der Waals surface area contributed by atoms with Crippen molar-refractivity contribution in [2.45, 2.75) is 18.5 Å². The van der Waals surface area contributed by atoms with E-state index in [0.29, 0.717) is 17.1 Å². The van der Waals surface area contributed by atoms with Gasteiger partial charge in [0, 0.05) is 11.3 Å². The van der Waals surface area contributed by atoms with Crippen LogP contribution < -0.4 is 5.56 Å². The Kier molecular flexibility index (Phi) is 3.31. The summed E-state index contributed by atoms with van der Waals surface area (Å²) in [4.78, 5) is 18.4. The van der Waals surface area contributed by atoms with Crippen molar-refractivity contribution in [1.29, 1.82) is 0 Å². The Morgan fingerprint density at radius 2 is 2.38 bits per heavy atom. The van der Waals surface area contributed by atoms with Gasteiger partial charge in [-0.05, 0) is 19.6 Å². The first-order chi connectivity index (χ1) is 6.19. The second kappa shape index (κ2) is 4.28. The van der Waals surface area contributed by atoms with Gasteiger partial charge in [-0.15, -0.1) is 6.58 Å². The number of nitrogens with one attached hydrogen (secondary N) is 1. The van der Waals surface area contributed by atoms with E-state index in [0.717, 1.165) is 5.69 Å². The summed E-state index contributed by atoms with van der Waals surface area (Å²) in [6.07, 6.45) is 4.16. The smallest absolute Gasteiger partial charge is 0.255 e. The fourth-order valence-corrected chi connectivity index (χ4v) is 1.49. The molecular formula is C9H12N2OS. The molecule has 1 aromatic heterocycles. The van der Waals surface area contributed by atoms with E-state index in [1.165, 1.54) is 11.8 Å². The number of aromatic nitrogens is 2. The Morgan fingerprint density at radius 3 is 2.85 bits per heavy atom.